The molecule has 2 fully saturated rings. The molecule has 138 valence electrons. The molecule has 1 aromatic heterocycles. The Morgan fingerprint density at radius 3 is 2.85 bits per heavy atom. The van der Waals surface area contributed by atoms with Crippen molar-refractivity contribution in [3.05, 3.63) is 46.8 Å². The molecule has 3 atom stereocenters. The molecule has 1 aromatic carbocycles. The van der Waals surface area contributed by atoms with E-state index in [1.807, 2.05) is 11.6 Å². The van der Waals surface area contributed by atoms with Crippen molar-refractivity contribution in [3.63, 3.8) is 0 Å². The Morgan fingerprint density at radius 1 is 1.27 bits per heavy atom. The number of aromatic nitrogens is 3. The van der Waals surface area contributed by atoms with Gasteiger partial charge in [-0.3, -0.25) is 4.79 Å². The van der Waals surface area contributed by atoms with Gasteiger partial charge in [0.05, 0.1) is 11.7 Å². The number of benzene rings is 1. The number of nitrogens with one attached hydrogen (secondary N) is 2. The molecule has 2 aliphatic carbocycles. The topological polar surface area (TPSA) is 71.8 Å². The quantitative estimate of drug-likeness (QED) is 0.863. The smallest absolute Gasteiger partial charge is 0.273 e. The molecule has 26 heavy (non-hydrogen) atoms. The Balaban J connectivity index is 0.00000168. The monoisotopic (exact) mass is 373 g/mol. The summed E-state index contributed by atoms with van der Waals surface area (Å²) in [6.07, 6.45) is 3.15. The summed E-state index contributed by atoms with van der Waals surface area (Å²) in [4.78, 5) is 12.7. The highest BCUT2D eigenvalue weighted by molar-refractivity contribution is 5.93. The lowest BCUT2D eigenvalue weighted by molar-refractivity contribution is 0.0942. The van der Waals surface area contributed by atoms with Gasteiger partial charge >= 0.3 is 0 Å². The summed E-state index contributed by atoms with van der Waals surface area (Å²) in [5, 5.41) is 15.0. The van der Waals surface area contributed by atoms with Crippen molar-refractivity contribution in [1.29, 1.82) is 0 Å². The molecule has 2 N–H and O–H groups in total. The third-order valence-corrected chi connectivity index (χ3v) is 6.13. The minimum atomic E-state index is -0.0745. The van der Waals surface area contributed by atoms with Crippen LogP contribution in [0.2, 0.25) is 0 Å². The van der Waals surface area contributed by atoms with Crippen LogP contribution >= 0.6 is 12.4 Å². The van der Waals surface area contributed by atoms with Crippen molar-refractivity contribution in [1.82, 2.24) is 25.6 Å². The summed E-state index contributed by atoms with van der Waals surface area (Å²) >= 11 is 0. The van der Waals surface area contributed by atoms with Crippen molar-refractivity contribution in [2.24, 2.45) is 5.92 Å². The van der Waals surface area contributed by atoms with Crippen LogP contribution in [0.15, 0.2) is 24.3 Å². The summed E-state index contributed by atoms with van der Waals surface area (Å²) in [7, 11) is 0. The number of nitrogens with zero attached hydrogens (tertiary/aromatic N) is 3. The Morgan fingerprint density at radius 2 is 2.04 bits per heavy atom. The van der Waals surface area contributed by atoms with Gasteiger partial charge in [0, 0.05) is 12.0 Å². The molecule has 7 heteroatoms. The fourth-order valence-electron chi connectivity index (χ4n) is 4.72. The van der Waals surface area contributed by atoms with Gasteiger partial charge in [-0.05, 0) is 56.3 Å². The molecule has 3 unspecified atom stereocenters. The normalized spacial score (nSPS) is 26.6. The van der Waals surface area contributed by atoms with Gasteiger partial charge in [-0.1, -0.05) is 29.5 Å². The first-order valence-corrected chi connectivity index (χ1v) is 9.25. The number of carbonyl (C=O) groups is 1. The lowest BCUT2D eigenvalue weighted by Gasteiger charge is -2.23. The molecule has 3 aliphatic rings. The maximum Gasteiger partial charge on any atom is 0.273 e. The fraction of sp³-hybridized carbons (Fsp3) is 0.526. The maximum atomic E-state index is 12.7. The van der Waals surface area contributed by atoms with Crippen molar-refractivity contribution in [3.8, 4) is 0 Å². The molecular weight excluding hydrogens is 350 g/mol. The molecule has 0 radical (unpaired) electrons. The minimum Gasteiger partial charge on any atom is -0.347 e. The van der Waals surface area contributed by atoms with E-state index in [0.29, 0.717) is 23.6 Å². The van der Waals surface area contributed by atoms with E-state index >= 15 is 0 Å². The predicted octanol–water partition coefficient (Wildman–Crippen LogP) is 2.00. The molecule has 2 aromatic rings. The zero-order chi connectivity index (χ0) is 17.0. The number of halogens is 1. The van der Waals surface area contributed by atoms with Crippen LogP contribution in [0.3, 0.4) is 0 Å². The molecule has 1 saturated heterocycles. The zero-order valence-corrected chi connectivity index (χ0v) is 15.6. The number of rotatable bonds is 3. The van der Waals surface area contributed by atoms with Crippen LogP contribution in [0.1, 0.15) is 52.1 Å². The third kappa shape index (κ3) is 2.72. The molecule has 6 nitrogen and oxygen atoms in total. The first kappa shape index (κ1) is 17.5. The second-order valence-corrected chi connectivity index (χ2v) is 7.54. The Kier molecular flexibility index (Phi) is 4.49. The molecular formula is C19H24ClN5O. The molecule has 1 aliphatic heterocycles. The fourth-order valence-corrected chi connectivity index (χ4v) is 4.72. The minimum absolute atomic E-state index is 0. The van der Waals surface area contributed by atoms with Crippen LogP contribution in [0.5, 0.6) is 0 Å². The summed E-state index contributed by atoms with van der Waals surface area (Å²) in [5.41, 5.74) is 4.22. The lowest BCUT2D eigenvalue weighted by atomic mass is 10.1. The van der Waals surface area contributed by atoms with Gasteiger partial charge in [0.1, 0.15) is 0 Å². The van der Waals surface area contributed by atoms with E-state index in [1.54, 1.807) is 0 Å². The standard InChI is InChI=1S/C19H23N5O.ClH/c1-11-17(22-23-24(11)13-6-8-20-9-7-13)19(25)21-18-15-10-12-4-2-3-5-14(12)16(15)18;/h2-5,13,15-16,18,20H,6-10H2,1H3,(H,21,25);1H. The van der Waals surface area contributed by atoms with E-state index < -0.39 is 0 Å². The van der Waals surface area contributed by atoms with Gasteiger partial charge in [-0.2, -0.15) is 0 Å². The van der Waals surface area contributed by atoms with Crippen LogP contribution in [-0.4, -0.2) is 40.0 Å². The van der Waals surface area contributed by atoms with Crippen LogP contribution in [0.4, 0.5) is 0 Å². The van der Waals surface area contributed by atoms with Crippen LogP contribution in [-0.2, 0) is 6.42 Å². The third-order valence-electron chi connectivity index (χ3n) is 6.13. The molecule has 0 spiro atoms. The largest absolute Gasteiger partial charge is 0.347 e. The maximum absolute atomic E-state index is 12.7. The Bertz CT molecular complexity index is 829. The molecule has 2 heterocycles. The Labute approximate surface area is 159 Å². The zero-order valence-electron chi connectivity index (χ0n) is 14.8. The second kappa shape index (κ2) is 6.67. The highest BCUT2D eigenvalue weighted by Crippen LogP contribution is 2.56. The number of amides is 1. The summed E-state index contributed by atoms with van der Waals surface area (Å²) < 4.78 is 1.94. The number of hydrogen-bond acceptors (Lipinski definition) is 4. The first-order valence-electron chi connectivity index (χ1n) is 9.25. The van der Waals surface area contributed by atoms with E-state index in [2.05, 4.69) is 45.2 Å². The SMILES string of the molecule is Cc1c(C(=O)NC2C3Cc4ccccc4C32)nnn1C1CCNCC1.Cl. The van der Waals surface area contributed by atoms with E-state index in [4.69, 9.17) is 0 Å². The van der Waals surface area contributed by atoms with Gasteiger partial charge in [0.15, 0.2) is 5.69 Å². The summed E-state index contributed by atoms with van der Waals surface area (Å²) in [6, 6.07) is 9.19. The Hall–Kier alpha value is -1.92. The number of fused-ring (bicyclic) bond motifs is 3. The van der Waals surface area contributed by atoms with Gasteiger partial charge in [-0.15, -0.1) is 17.5 Å². The average molecular weight is 374 g/mol. The molecule has 5 rings (SSSR count). The lowest BCUT2D eigenvalue weighted by Crippen LogP contribution is -2.31. The highest BCUT2D eigenvalue weighted by Gasteiger charge is 2.56. The highest BCUT2D eigenvalue weighted by atomic mass is 35.5. The van der Waals surface area contributed by atoms with Crippen LogP contribution in [0.25, 0.3) is 0 Å². The number of hydrogen-bond donors (Lipinski definition) is 2. The summed E-state index contributed by atoms with van der Waals surface area (Å²) in [6.45, 7) is 3.95. The van der Waals surface area contributed by atoms with Crippen molar-refractivity contribution in [2.45, 2.75) is 44.2 Å². The van der Waals surface area contributed by atoms with E-state index in [9.17, 15) is 4.79 Å². The van der Waals surface area contributed by atoms with E-state index in [-0.39, 0.29) is 24.4 Å². The molecule has 1 amide bonds. The van der Waals surface area contributed by atoms with Gasteiger partial charge < -0.3 is 10.6 Å². The van der Waals surface area contributed by atoms with Gasteiger partial charge in [-0.25, -0.2) is 4.68 Å². The average Bonchev–Trinajstić information content (AvgIpc) is 2.99. The first-order chi connectivity index (χ1) is 12.2. The van der Waals surface area contributed by atoms with Crippen LogP contribution < -0.4 is 10.6 Å². The number of carbonyl (C=O) groups excluding carboxylic acids is 1. The second-order valence-electron chi connectivity index (χ2n) is 7.54. The van der Waals surface area contributed by atoms with Crippen molar-refractivity contribution >= 4 is 18.3 Å². The van der Waals surface area contributed by atoms with Gasteiger partial charge in [0.2, 0.25) is 0 Å². The van der Waals surface area contributed by atoms with Gasteiger partial charge in [0.25, 0.3) is 5.91 Å². The number of piperidine rings is 1. The van der Waals surface area contributed by atoms with Crippen molar-refractivity contribution in [2.75, 3.05) is 13.1 Å². The molecule has 1 saturated carbocycles. The van der Waals surface area contributed by atoms with Crippen LogP contribution in [0, 0.1) is 12.8 Å². The predicted molar refractivity (Wildman–Crippen MR) is 101 cm³/mol. The molecule has 0 bridgehead atoms. The van der Waals surface area contributed by atoms with E-state index in [1.165, 1.54) is 11.1 Å². The van der Waals surface area contributed by atoms with E-state index in [0.717, 1.165) is 38.0 Å². The van der Waals surface area contributed by atoms with Crippen molar-refractivity contribution < 1.29 is 4.79 Å². The summed E-state index contributed by atoms with van der Waals surface area (Å²) in [5.74, 6) is 0.968.